The average Bonchev–Trinajstić information content (AvgIpc) is 2.48. The SMILES string of the molecule is O=C(Nc1ccc2cnccc2n1)c1ccc(F)cn1. The molecule has 0 aliphatic carbocycles. The van der Waals surface area contributed by atoms with Crippen LogP contribution < -0.4 is 5.32 Å². The summed E-state index contributed by atoms with van der Waals surface area (Å²) >= 11 is 0. The second-order valence-electron chi connectivity index (χ2n) is 4.08. The van der Waals surface area contributed by atoms with E-state index in [4.69, 9.17) is 0 Å². The van der Waals surface area contributed by atoms with Crippen LogP contribution in [0.5, 0.6) is 0 Å². The number of hydrogen-bond donors (Lipinski definition) is 1. The maximum absolute atomic E-state index is 12.7. The quantitative estimate of drug-likeness (QED) is 0.775. The van der Waals surface area contributed by atoms with Crippen molar-refractivity contribution in [2.75, 3.05) is 5.32 Å². The molecule has 3 heterocycles. The van der Waals surface area contributed by atoms with E-state index < -0.39 is 11.7 Å². The van der Waals surface area contributed by atoms with Gasteiger partial charge in [0.15, 0.2) is 0 Å². The van der Waals surface area contributed by atoms with E-state index in [2.05, 4.69) is 20.3 Å². The van der Waals surface area contributed by atoms with Crippen molar-refractivity contribution in [3.63, 3.8) is 0 Å². The zero-order chi connectivity index (χ0) is 13.9. The van der Waals surface area contributed by atoms with Crippen LogP contribution in [0.1, 0.15) is 10.5 Å². The number of hydrogen-bond acceptors (Lipinski definition) is 4. The summed E-state index contributed by atoms with van der Waals surface area (Å²) in [6.07, 6.45) is 4.31. The van der Waals surface area contributed by atoms with Gasteiger partial charge in [0, 0.05) is 17.8 Å². The summed E-state index contributed by atoms with van der Waals surface area (Å²) < 4.78 is 12.7. The molecule has 3 aromatic heterocycles. The van der Waals surface area contributed by atoms with Crippen molar-refractivity contribution < 1.29 is 9.18 Å². The van der Waals surface area contributed by atoms with Gasteiger partial charge in [-0.1, -0.05) is 0 Å². The fraction of sp³-hybridized carbons (Fsp3) is 0. The topological polar surface area (TPSA) is 67.8 Å². The van der Waals surface area contributed by atoms with Crippen LogP contribution in [-0.2, 0) is 0 Å². The Bertz CT molecular complexity index is 773. The molecule has 0 unspecified atom stereocenters. The van der Waals surface area contributed by atoms with Crippen molar-refractivity contribution in [2.24, 2.45) is 0 Å². The monoisotopic (exact) mass is 268 g/mol. The first kappa shape index (κ1) is 12.2. The van der Waals surface area contributed by atoms with Crippen LogP contribution in [0.2, 0.25) is 0 Å². The van der Waals surface area contributed by atoms with Gasteiger partial charge in [0.05, 0.1) is 11.7 Å². The number of fused-ring (bicyclic) bond motifs is 1. The molecule has 0 aromatic carbocycles. The molecule has 0 spiro atoms. The molecule has 3 rings (SSSR count). The number of nitrogens with zero attached hydrogens (tertiary/aromatic N) is 3. The summed E-state index contributed by atoms with van der Waals surface area (Å²) in [5.41, 5.74) is 0.855. The first-order valence-electron chi connectivity index (χ1n) is 5.86. The lowest BCUT2D eigenvalue weighted by atomic mass is 10.2. The molecule has 0 aliphatic heterocycles. The van der Waals surface area contributed by atoms with E-state index in [0.717, 1.165) is 17.1 Å². The van der Waals surface area contributed by atoms with Gasteiger partial charge in [0.1, 0.15) is 17.3 Å². The summed E-state index contributed by atoms with van der Waals surface area (Å²) in [7, 11) is 0. The molecular formula is C14H9FN4O. The minimum absolute atomic E-state index is 0.128. The standard InChI is InChI=1S/C14H9FN4O/c15-10-2-3-12(17-8-10)14(20)19-13-4-1-9-7-16-6-5-11(9)18-13/h1-8H,(H,18,19,20). The maximum Gasteiger partial charge on any atom is 0.275 e. The minimum atomic E-state index is -0.488. The molecule has 6 heteroatoms. The second-order valence-corrected chi connectivity index (χ2v) is 4.08. The Balaban J connectivity index is 1.85. The zero-order valence-corrected chi connectivity index (χ0v) is 10.2. The van der Waals surface area contributed by atoms with Gasteiger partial charge in [-0.05, 0) is 30.3 Å². The van der Waals surface area contributed by atoms with E-state index >= 15 is 0 Å². The molecule has 0 atom stereocenters. The number of pyridine rings is 3. The van der Waals surface area contributed by atoms with Crippen molar-refractivity contribution in [3.8, 4) is 0 Å². The number of nitrogens with one attached hydrogen (secondary N) is 1. The van der Waals surface area contributed by atoms with Gasteiger partial charge >= 0.3 is 0 Å². The predicted molar refractivity (Wildman–Crippen MR) is 71.7 cm³/mol. The highest BCUT2D eigenvalue weighted by atomic mass is 19.1. The zero-order valence-electron chi connectivity index (χ0n) is 10.2. The Kier molecular flexibility index (Phi) is 3.04. The van der Waals surface area contributed by atoms with Crippen molar-refractivity contribution in [3.05, 3.63) is 60.4 Å². The normalized spacial score (nSPS) is 10.4. The highest BCUT2D eigenvalue weighted by Gasteiger charge is 2.08. The van der Waals surface area contributed by atoms with Crippen LogP contribution in [0.15, 0.2) is 48.9 Å². The van der Waals surface area contributed by atoms with Crippen LogP contribution in [-0.4, -0.2) is 20.9 Å². The molecule has 0 saturated heterocycles. The van der Waals surface area contributed by atoms with Crippen LogP contribution in [0.4, 0.5) is 10.2 Å². The van der Waals surface area contributed by atoms with Gasteiger partial charge in [-0.2, -0.15) is 0 Å². The maximum atomic E-state index is 12.7. The third-order valence-corrected chi connectivity index (χ3v) is 2.69. The van der Waals surface area contributed by atoms with Crippen molar-refractivity contribution >= 4 is 22.6 Å². The van der Waals surface area contributed by atoms with Crippen LogP contribution in [0.25, 0.3) is 10.9 Å². The summed E-state index contributed by atoms with van der Waals surface area (Å²) in [5, 5.41) is 3.49. The molecule has 3 aromatic rings. The Morgan fingerprint density at radius 2 is 2.00 bits per heavy atom. The van der Waals surface area contributed by atoms with Gasteiger partial charge in [-0.15, -0.1) is 0 Å². The van der Waals surface area contributed by atoms with Crippen molar-refractivity contribution in [1.82, 2.24) is 15.0 Å². The molecule has 1 N–H and O–H groups in total. The molecule has 0 radical (unpaired) electrons. The van der Waals surface area contributed by atoms with E-state index in [1.54, 1.807) is 24.5 Å². The number of carbonyl (C=O) groups is 1. The summed E-state index contributed by atoms with van der Waals surface area (Å²) in [5.74, 6) is -0.524. The summed E-state index contributed by atoms with van der Waals surface area (Å²) in [6.45, 7) is 0. The van der Waals surface area contributed by atoms with Crippen LogP contribution in [0.3, 0.4) is 0 Å². The highest BCUT2D eigenvalue weighted by molar-refractivity contribution is 6.02. The fourth-order valence-electron chi connectivity index (χ4n) is 1.73. The Labute approximate surface area is 113 Å². The number of anilines is 1. The fourth-order valence-corrected chi connectivity index (χ4v) is 1.73. The van der Waals surface area contributed by atoms with Gasteiger partial charge < -0.3 is 5.32 Å². The van der Waals surface area contributed by atoms with Gasteiger partial charge in [0.25, 0.3) is 5.91 Å². The van der Waals surface area contributed by atoms with Crippen molar-refractivity contribution in [2.45, 2.75) is 0 Å². The molecule has 98 valence electrons. The molecule has 20 heavy (non-hydrogen) atoms. The van der Waals surface area contributed by atoms with Gasteiger partial charge in [-0.3, -0.25) is 9.78 Å². The lowest BCUT2D eigenvalue weighted by Crippen LogP contribution is -2.14. The Morgan fingerprint density at radius 3 is 2.80 bits per heavy atom. The molecule has 0 aliphatic rings. The predicted octanol–water partition coefficient (Wildman–Crippen LogP) is 2.42. The summed E-state index contributed by atoms with van der Waals surface area (Å²) in [4.78, 5) is 23.9. The van der Waals surface area contributed by atoms with E-state index in [-0.39, 0.29) is 5.69 Å². The van der Waals surface area contributed by atoms with E-state index in [1.807, 2.05) is 6.07 Å². The molecule has 0 saturated carbocycles. The second kappa shape index (κ2) is 5.00. The number of rotatable bonds is 2. The lowest BCUT2D eigenvalue weighted by Gasteiger charge is -2.05. The smallest absolute Gasteiger partial charge is 0.275 e. The third-order valence-electron chi connectivity index (χ3n) is 2.69. The molecule has 5 nitrogen and oxygen atoms in total. The molecule has 1 amide bonds. The Hall–Kier alpha value is -2.89. The largest absolute Gasteiger partial charge is 0.305 e. The summed E-state index contributed by atoms with van der Waals surface area (Å²) in [6, 6.07) is 7.73. The van der Waals surface area contributed by atoms with E-state index in [1.165, 1.54) is 12.1 Å². The van der Waals surface area contributed by atoms with Gasteiger partial charge in [-0.25, -0.2) is 14.4 Å². The van der Waals surface area contributed by atoms with Crippen molar-refractivity contribution in [1.29, 1.82) is 0 Å². The molecule has 0 bridgehead atoms. The third kappa shape index (κ3) is 2.44. The van der Waals surface area contributed by atoms with Crippen LogP contribution in [0, 0.1) is 5.82 Å². The first-order chi connectivity index (χ1) is 9.72. The number of amides is 1. The van der Waals surface area contributed by atoms with E-state index in [0.29, 0.717) is 5.82 Å². The van der Waals surface area contributed by atoms with Gasteiger partial charge in [0.2, 0.25) is 0 Å². The van der Waals surface area contributed by atoms with Crippen LogP contribution >= 0.6 is 0 Å². The number of halogens is 1. The first-order valence-corrected chi connectivity index (χ1v) is 5.86. The van der Waals surface area contributed by atoms with E-state index in [9.17, 15) is 9.18 Å². The average molecular weight is 268 g/mol. The molecule has 0 fully saturated rings. The lowest BCUT2D eigenvalue weighted by molar-refractivity contribution is 0.102. The highest BCUT2D eigenvalue weighted by Crippen LogP contribution is 2.14. The number of aromatic nitrogens is 3. The molecular weight excluding hydrogens is 259 g/mol. The minimum Gasteiger partial charge on any atom is -0.305 e. The number of carbonyl (C=O) groups excluding carboxylic acids is 1. The Morgan fingerprint density at radius 1 is 1.10 bits per heavy atom.